The first-order valence-electron chi connectivity index (χ1n) is 9.27. The fourth-order valence-electron chi connectivity index (χ4n) is 2.85. The number of thiol groups is 1. The fraction of sp³-hybridized carbons (Fsp3) is 0.136. The summed E-state index contributed by atoms with van der Waals surface area (Å²) in [6.07, 6.45) is 1.51. The minimum Gasteiger partial charge on any atom is -0.454 e. The van der Waals surface area contributed by atoms with E-state index in [0.29, 0.717) is 17.2 Å². The van der Waals surface area contributed by atoms with Crippen LogP contribution in [-0.2, 0) is 17.1 Å². The molecule has 10 heteroatoms. The van der Waals surface area contributed by atoms with Crippen LogP contribution in [0.15, 0.2) is 53.5 Å². The first-order valence-corrected chi connectivity index (χ1v) is 11.4. The summed E-state index contributed by atoms with van der Waals surface area (Å²) < 4.78 is 60.9. The maximum Gasteiger partial charge on any atom is 0.266 e. The van der Waals surface area contributed by atoms with E-state index in [2.05, 4.69) is 28.5 Å². The van der Waals surface area contributed by atoms with Gasteiger partial charge in [0.25, 0.3) is 5.56 Å². The molecule has 0 aliphatic rings. The summed E-state index contributed by atoms with van der Waals surface area (Å²) in [6, 6.07) is 8.75. The lowest BCUT2D eigenvalue weighted by Crippen LogP contribution is -2.19. The summed E-state index contributed by atoms with van der Waals surface area (Å²) in [6.45, 7) is 1.49. The molecule has 0 fully saturated rings. The first kappa shape index (κ1) is 23.4. The number of ether oxygens (including phenoxy) is 1. The third-order valence-electron chi connectivity index (χ3n) is 4.43. The summed E-state index contributed by atoms with van der Waals surface area (Å²) in [4.78, 5) is 12.3. The number of halogens is 2. The number of nitrogens with one attached hydrogen (secondary N) is 1. The lowest BCUT2D eigenvalue weighted by molar-refractivity contribution is 0.439. The highest BCUT2D eigenvalue weighted by atomic mass is 32.2. The van der Waals surface area contributed by atoms with Gasteiger partial charge in [0.15, 0.2) is 11.6 Å². The number of sulfonamides is 1. The fourth-order valence-corrected chi connectivity index (χ4v) is 3.60. The third kappa shape index (κ3) is 5.30. The van der Waals surface area contributed by atoms with Gasteiger partial charge in [-0.3, -0.25) is 9.52 Å². The zero-order valence-corrected chi connectivity index (χ0v) is 18.7. The van der Waals surface area contributed by atoms with Crippen LogP contribution in [0, 0.1) is 22.8 Å². The van der Waals surface area contributed by atoms with E-state index in [1.165, 1.54) is 49.0 Å². The van der Waals surface area contributed by atoms with E-state index < -0.39 is 21.7 Å². The molecule has 0 saturated heterocycles. The molecule has 32 heavy (non-hydrogen) atoms. The van der Waals surface area contributed by atoms with Crippen LogP contribution in [-0.4, -0.2) is 18.7 Å². The molecule has 6 nitrogen and oxygen atoms in total. The summed E-state index contributed by atoms with van der Waals surface area (Å²) in [7, 11) is -2.04. The number of pyridine rings is 1. The van der Waals surface area contributed by atoms with Crippen LogP contribution in [0.2, 0.25) is 0 Å². The van der Waals surface area contributed by atoms with Gasteiger partial charge in [0.2, 0.25) is 10.0 Å². The van der Waals surface area contributed by atoms with Gasteiger partial charge in [-0.05, 0) is 54.5 Å². The average molecular weight is 477 g/mol. The Morgan fingerprint density at radius 1 is 1.12 bits per heavy atom. The standard InChI is InChI=1S/C22H18F2N2O4S2/c1-3-32(28,29)25-17-5-7-20(30-21-6-4-16(23)11-19(21)24)18(12-17)15-10-14(8-9-31)22(27)26(2)13-15/h4-7,10-13,25,31H,3H2,1-2H3. The van der Waals surface area contributed by atoms with Crippen LogP contribution < -0.4 is 15.0 Å². The summed E-state index contributed by atoms with van der Waals surface area (Å²) in [5.74, 6) is 0.723. The van der Waals surface area contributed by atoms with Crippen LogP contribution in [0.1, 0.15) is 12.5 Å². The van der Waals surface area contributed by atoms with Crippen LogP contribution in [0.5, 0.6) is 11.5 Å². The predicted octanol–water partition coefficient (Wildman–Crippen LogP) is 4.12. The van der Waals surface area contributed by atoms with Gasteiger partial charge in [0.1, 0.15) is 11.6 Å². The minimum atomic E-state index is -3.57. The smallest absolute Gasteiger partial charge is 0.266 e. The van der Waals surface area contributed by atoms with E-state index >= 15 is 0 Å². The minimum absolute atomic E-state index is 0.136. The molecular weight excluding hydrogens is 458 g/mol. The molecule has 1 heterocycles. The van der Waals surface area contributed by atoms with Gasteiger partial charge in [-0.25, -0.2) is 17.2 Å². The summed E-state index contributed by atoms with van der Waals surface area (Å²) >= 11 is 3.83. The third-order valence-corrected chi connectivity index (χ3v) is 5.85. The number of anilines is 1. The van der Waals surface area contributed by atoms with Gasteiger partial charge >= 0.3 is 0 Å². The normalized spacial score (nSPS) is 10.9. The van der Waals surface area contributed by atoms with E-state index in [0.717, 1.165) is 12.1 Å². The van der Waals surface area contributed by atoms with Crippen molar-refractivity contribution >= 4 is 28.3 Å². The number of nitrogens with zero attached hydrogens (tertiary/aromatic N) is 1. The number of hydrogen-bond donors (Lipinski definition) is 2. The topological polar surface area (TPSA) is 77.4 Å². The monoisotopic (exact) mass is 476 g/mol. The Morgan fingerprint density at radius 3 is 2.50 bits per heavy atom. The lowest BCUT2D eigenvalue weighted by atomic mass is 10.0. The van der Waals surface area contributed by atoms with Gasteiger partial charge in [-0.2, -0.15) is 0 Å². The average Bonchev–Trinajstić information content (AvgIpc) is 2.74. The molecule has 0 bridgehead atoms. The van der Waals surface area contributed by atoms with Crippen LogP contribution >= 0.6 is 12.6 Å². The van der Waals surface area contributed by atoms with E-state index in [4.69, 9.17) is 4.74 Å². The maximum atomic E-state index is 14.2. The van der Waals surface area contributed by atoms with Crippen molar-refractivity contribution in [2.24, 2.45) is 7.05 Å². The van der Waals surface area contributed by atoms with E-state index in [1.807, 2.05) is 0 Å². The Labute approximate surface area is 189 Å². The quantitative estimate of drug-likeness (QED) is 0.415. The van der Waals surface area contributed by atoms with E-state index in [9.17, 15) is 22.0 Å². The van der Waals surface area contributed by atoms with Crippen LogP contribution in [0.25, 0.3) is 11.1 Å². The SMILES string of the molecule is CCS(=O)(=O)Nc1ccc(Oc2ccc(F)cc2F)c(-c2cc(C#CS)c(=O)n(C)c2)c1. The Morgan fingerprint density at radius 2 is 1.84 bits per heavy atom. The zero-order chi connectivity index (χ0) is 23.5. The highest BCUT2D eigenvalue weighted by molar-refractivity contribution is 7.92. The summed E-state index contributed by atoms with van der Waals surface area (Å²) in [5, 5.41) is 2.37. The zero-order valence-electron chi connectivity index (χ0n) is 17.0. The molecular formula is C22H18F2N2O4S2. The van der Waals surface area contributed by atoms with Crippen molar-refractivity contribution in [3.05, 3.63) is 76.2 Å². The molecule has 3 rings (SSSR count). The maximum absolute atomic E-state index is 14.2. The van der Waals surface area contributed by atoms with Gasteiger partial charge in [0.05, 0.1) is 11.3 Å². The van der Waals surface area contributed by atoms with Crippen LogP contribution in [0.4, 0.5) is 14.5 Å². The second kappa shape index (κ2) is 9.46. The van der Waals surface area contributed by atoms with Crippen molar-refractivity contribution in [2.75, 3.05) is 10.5 Å². The Hall–Kier alpha value is -3.29. The lowest BCUT2D eigenvalue weighted by Gasteiger charge is -2.15. The molecule has 0 aliphatic heterocycles. The number of aryl methyl sites for hydroxylation is 1. The largest absolute Gasteiger partial charge is 0.454 e. The molecule has 0 saturated carbocycles. The van der Waals surface area contributed by atoms with Crippen molar-refractivity contribution in [1.82, 2.24) is 4.57 Å². The molecule has 0 radical (unpaired) electrons. The van der Waals surface area contributed by atoms with Gasteiger partial charge in [-0.1, -0.05) is 12.6 Å². The number of aromatic nitrogens is 1. The van der Waals surface area contributed by atoms with E-state index in [1.54, 1.807) is 0 Å². The summed E-state index contributed by atoms with van der Waals surface area (Å²) in [5.41, 5.74) is 0.837. The van der Waals surface area contributed by atoms with Gasteiger partial charge in [0, 0.05) is 36.1 Å². The van der Waals surface area contributed by atoms with Gasteiger partial charge in [-0.15, -0.1) is 0 Å². The Bertz CT molecular complexity index is 1410. The second-order valence-corrected chi connectivity index (χ2v) is 8.92. The highest BCUT2D eigenvalue weighted by Crippen LogP contribution is 2.36. The molecule has 0 aliphatic carbocycles. The van der Waals surface area contributed by atoms with Crippen molar-refractivity contribution < 1.29 is 21.9 Å². The number of hydrogen-bond acceptors (Lipinski definition) is 5. The molecule has 0 atom stereocenters. The molecule has 0 amide bonds. The van der Waals surface area contributed by atoms with Gasteiger partial charge < -0.3 is 9.30 Å². The van der Waals surface area contributed by atoms with E-state index in [-0.39, 0.29) is 34.1 Å². The van der Waals surface area contributed by atoms with Crippen molar-refractivity contribution in [3.8, 4) is 33.8 Å². The predicted molar refractivity (Wildman–Crippen MR) is 122 cm³/mol. The molecule has 1 N–H and O–H groups in total. The number of rotatable bonds is 6. The van der Waals surface area contributed by atoms with Crippen molar-refractivity contribution in [1.29, 1.82) is 0 Å². The highest BCUT2D eigenvalue weighted by Gasteiger charge is 2.16. The van der Waals surface area contributed by atoms with Crippen molar-refractivity contribution in [2.45, 2.75) is 6.92 Å². The molecule has 166 valence electrons. The Balaban J connectivity index is 2.20. The Kier molecular flexibility index (Phi) is 6.91. The molecule has 1 aromatic heterocycles. The molecule has 0 unspecified atom stereocenters. The van der Waals surface area contributed by atoms with Crippen molar-refractivity contribution in [3.63, 3.8) is 0 Å². The number of benzene rings is 2. The van der Waals surface area contributed by atoms with Crippen LogP contribution in [0.3, 0.4) is 0 Å². The first-order chi connectivity index (χ1) is 15.1. The molecule has 0 spiro atoms. The second-order valence-electron chi connectivity index (χ2n) is 6.69. The molecule has 2 aromatic carbocycles. The molecule has 3 aromatic rings.